The molecule has 160 valence electrons. The minimum Gasteiger partial charge on any atom is -0.388 e. The van der Waals surface area contributed by atoms with Gasteiger partial charge in [0.15, 0.2) is 9.84 Å². The minimum atomic E-state index is -3.64. The predicted octanol–water partition coefficient (Wildman–Crippen LogP) is 3.96. The molecule has 2 aliphatic carbocycles. The fourth-order valence-electron chi connectivity index (χ4n) is 4.97. The van der Waals surface area contributed by atoms with Crippen molar-refractivity contribution >= 4 is 15.9 Å². The van der Waals surface area contributed by atoms with Crippen LogP contribution < -0.4 is 0 Å². The van der Waals surface area contributed by atoms with Gasteiger partial charge in [-0.2, -0.15) is 5.10 Å². The summed E-state index contributed by atoms with van der Waals surface area (Å²) in [6.07, 6.45) is 5.26. The van der Waals surface area contributed by atoms with E-state index in [4.69, 9.17) is 0 Å². The molecule has 5 nitrogen and oxygen atoms in total. The molecule has 0 bridgehead atoms. The van der Waals surface area contributed by atoms with Crippen molar-refractivity contribution in [2.75, 3.05) is 5.75 Å². The van der Waals surface area contributed by atoms with Gasteiger partial charge in [0.2, 0.25) is 0 Å². The standard InChI is InChI=1S/C24H23FN2O3S/c1-23-14-17-15-26-27(20-9-7-19(25)8-10-20)22(17)13-18(23)11-12-24(23,28)16-31(29,30)21-5-3-2-4-6-21/h2-10,13,15,28H,11-12,14,16H2,1H3/t23-,24+/m0/s1. The van der Waals surface area contributed by atoms with Gasteiger partial charge in [0.1, 0.15) is 5.82 Å². The topological polar surface area (TPSA) is 72.2 Å². The van der Waals surface area contributed by atoms with E-state index in [1.54, 1.807) is 53.3 Å². The van der Waals surface area contributed by atoms with Crippen molar-refractivity contribution in [1.82, 2.24) is 9.78 Å². The van der Waals surface area contributed by atoms with Gasteiger partial charge in [-0.3, -0.25) is 0 Å². The van der Waals surface area contributed by atoms with Crippen LogP contribution >= 0.6 is 0 Å². The van der Waals surface area contributed by atoms with E-state index in [2.05, 4.69) is 5.10 Å². The Hall–Kier alpha value is -2.77. The van der Waals surface area contributed by atoms with Crippen LogP contribution in [0.25, 0.3) is 11.8 Å². The van der Waals surface area contributed by atoms with Crippen molar-refractivity contribution in [3.63, 3.8) is 0 Å². The average molecular weight is 439 g/mol. The lowest BCUT2D eigenvalue weighted by Gasteiger charge is -2.42. The average Bonchev–Trinajstić information content (AvgIpc) is 3.25. The number of nitrogens with zero attached hydrogens (tertiary/aromatic N) is 2. The molecule has 1 heterocycles. The van der Waals surface area contributed by atoms with Crippen LogP contribution in [0.15, 0.2) is 71.3 Å². The molecule has 1 aromatic heterocycles. The Morgan fingerprint density at radius 1 is 1.13 bits per heavy atom. The van der Waals surface area contributed by atoms with Crippen molar-refractivity contribution in [3.8, 4) is 5.69 Å². The van der Waals surface area contributed by atoms with Crippen molar-refractivity contribution in [3.05, 3.63) is 83.4 Å². The fraction of sp³-hybridized carbons (Fsp3) is 0.292. The first-order valence-electron chi connectivity index (χ1n) is 10.3. The van der Waals surface area contributed by atoms with Gasteiger partial charge in [-0.05, 0) is 67.3 Å². The van der Waals surface area contributed by atoms with Crippen LogP contribution in [0.3, 0.4) is 0 Å². The second-order valence-electron chi connectivity index (χ2n) is 8.73. The van der Waals surface area contributed by atoms with Crippen molar-refractivity contribution in [2.45, 2.75) is 36.7 Å². The fourth-order valence-corrected chi connectivity index (χ4v) is 6.80. The molecule has 0 amide bonds. The predicted molar refractivity (Wildman–Crippen MR) is 116 cm³/mol. The number of fused-ring (bicyclic) bond motifs is 2. The SMILES string of the molecule is C[C@]12Cc3cnn(-c4ccc(F)cc4)c3C=C1CC[C@@]2(O)CS(=O)(=O)c1ccccc1. The molecule has 2 aliphatic rings. The van der Waals surface area contributed by atoms with Crippen LogP contribution in [-0.4, -0.2) is 34.7 Å². The molecule has 1 fully saturated rings. The quantitative estimate of drug-likeness (QED) is 0.669. The van der Waals surface area contributed by atoms with Crippen molar-refractivity contribution < 1.29 is 17.9 Å². The van der Waals surface area contributed by atoms with Crippen LogP contribution in [0.2, 0.25) is 0 Å². The summed E-state index contributed by atoms with van der Waals surface area (Å²) in [5, 5.41) is 16.1. The Kier molecular flexibility index (Phi) is 4.46. The van der Waals surface area contributed by atoms with E-state index in [1.165, 1.54) is 12.1 Å². The smallest absolute Gasteiger partial charge is 0.181 e. The third-order valence-corrected chi connectivity index (χ3v) is 8.74. The minimum absolute atomic E-state index is 0.227. The van der Waals surface area contributed by atoms with Crippen molar-refractivity contribution in [1.29, 1.82) is 0 Å². The first kappa shape index (κ1) is 20.2. The second-order valence-corrected chi connectivity index (χ2v) is 10.7. The summed E-state index contributed by atoms with van der Waals surface area (Å²) < 4.78 is 41.2. The Morgan fingerprint density at radius 3 is 2.55 bits per heavy atom. The lowest BCUT2D eigenvalue weighted by molar-refractivity contribution is -0.0188. The van der Waals surface area contributed by atoms with Gasteiger partial charge in [0.25, 0.3) is 0 Å². The largest absolute Gasteiger partial charge is 0.388 e. The van der Waals surface area contributed by atoms with Crippen LogP contribution in [-0.2, 0) is 16.3 Å². The highest BCUT2D eigenvalue weighted by atomic mass is 32.2. The maximum absolute atomic E-state index is 13.3. The van der Waals surface area contributed by atoms with Gasteiger partial charge < -0.3 is 5.11 Å². The van der Waals surface area contributed by atoms with Gasteiger partial charge in [0.05, 0.1) is 33.8 Å². The number of benzene rings is 2. The summed E-state index contributed by atoms with van der Waals surface area (Å²) in [5.41, 5.74) is 1.54. The van der Waals surface area contributed by atoms with E-state index in [1.807, 2.05) is 13.0 Å². The van der Waals surface area contributed by atoms with E-state index < -0.39 is 20.9 Å². The highest BCUT2D eigenvalue weighted by Crippen LogP contribution is 2.56. The van der Waals surface area contributed by atoms with Gasteiger partial charge in [-0.15, -0.1) is 0 Å². The molecule has 1 N–H and O–H groups in total. The molecular weight excluding hydrogens is 415 g/mol. The third-order valence-electron chi connectivity index (χ3n) is 6.89. The Morgan fingerprint density at radius 2 is 1.84 bits per heavy atom. The molecule has 0 aliphatic heterocycles. The summed E-state index contributed by atoms with van der Waals surface area (Å²) in [6, 6.07) is 14.4. The molecule has 2 atom stereocenters. The van der Waals surface area contributed by atoms with E-state index in [0.29, 0.717) is 19.3 Å². The van der Waals surface area contributed by atoms with Crippen LogP contribution in [0.5, 0.6) is 0 Å². The zero-order chi connectivity index (χ0) is 21.9. The molecule has 1 saturated carbocycles. The molecule has 0 radical (unpaired) electrons. The second kappa shape index (κ2) is 6.87. The van der Waals surface area contributed by atoms with Gasteiger partial charge in [-0.25, -0.2) is 17.5 Å². The summed E-state index contributed by atoms with van der Waals surface area (Å²) in [4.78, 5) is 0.227. The molecule has 2 aromatic carbocycles. The molecule has 0 unspecified atom stereocenters. The van der Waals surface area contributed by atoms with E-state index in [9.17, 15) is 17.9 Å². The number of aromatic nitrogens is 2. The van der Waals surface area contributed by atoms with Crippen LogP contribution in [0.1, 0.15) is 31.0 Å². The number of rotatable bonds is 4. The van der Waals surface area contributed by atoms with Crippen LogP contribution in [0.4, 0.5) is 4.39 Å². The van der Waals surface area contributed by atoms with E-state index in [0.717, 1.165) is 22.5 Å². The summed E-state index contributed by atoms with van der Waals surface area (Å²) in [6.45, 7) is 1.95. The lowest BCUT2D eigenvalue weighted by Crippen LogP contribution is -2.50. The van der Waals surface area contributed by atoms with E-state index >= 15 is 0 Å². The number of hydrogen-bond donors (Lipinski definition) is 1. The molecular formula is C24H23FN2O3S. The van der Waals surface area contributed by atoms with Gasteiger partial charge in [0, 0.05) is 5.41 Å². The zero-order valence-electron chi connectivity index (χ0n) is 17.1. The summed E-state index contributed by atoms with van der Waals surface area (Å²) in [5.74, 6) is -0.629. The summed E-state index contributed by atoms with van der Waals surface area (Å²) >= 11 is 0. The Balaban J connectivity index is 1.51. The number of hydrogen-bond acceptors (Lipinski definition) is 4. The molecule has 3 aromatic rings. The van der Waals surface area contributed by atoms with Crippen LogP contribution in [0, 0.1) is 11.2 Å². The van der Waals surface area contributed by atoms with Gasteiger partial charge in [-0.1, -0.05) is 30.7 Å². The van der Waals surface area contributed by atoms with E-state index in [-0.39, 0.29) is 16.5 Å². The third kappa shape index (κ3) is 3.15. The maximum Gasteiger partial charge on any atom is 0.181 e. The monoisotopic (exact) mass is 438 g/mol. The highest BCUT2D eigenvalue weighted by molar-refractivity contribution is 7.91. The lowest BCUT2D eigenvalue weighted by atomic mass is 9.68. The molecule has 7 heteroatoms. The first-order valence-corrected chi connectivity index (χ1v) is 11.9. The first-order chi connectivity index (χ1) is 14.7. The zero-order valence-corrected chi connectivity index (χ0v) is 17.9. The number of aliphatic hydroxyl groups is 1. The highest BCUT2D eigenvalue weighted by Gasteiger charge is 2.57. The van der Waals surface area contributed by atoms with Crippen molar-refractivity contribution in [2.24, 2.45) is 5.41 Å². The molecule has 31 heavy (non-hydrogen) atoms. The number of sulfone groups is 1. The molecule has 0 spiro atoms. The van der Waals surface area contributed by atoms with Gasteiger partial charge >= 0.3 is 0 Å². The molecule has 5 rings (SSSR count). The Labute approximate surface area is 180 Å². The maximum atomic E-state index is 13.3. The molecule has 0 saturated heterocycles. The normalized spacial score (nSPS) is 25.1. The number of halogens is 1. The summed E-state index contributed by atoms with van der Waals surface area (Å²) in [7, 11) is -3.64. The Bertz CT molecular complexity index is 1280.